The summed E-state index contributed by atoms with van der Waals surface area (Å²) in [7, 11) is 0. The Hall–Kier alpha value is -2.47. The zero-order chi connectivity index (χ0) is 19.5. The predicted octanol–water partition coefficient (Wildman–Crippen LogP) is 5.20. The molecule has 6 heteroatoms. The van der Waals surface area contributed by atoms with Crippen LogP contribution in [0.25, 0.3) is 0 Å². The molecule has 0 atom stereocenters. The first-order valence-electron chi connectivity index (χ1n) is 9.38. The number of hydrogen-bond acceptors (Lipinski definition) is 4. The van der Waals surface area contributed by atoms with Gasteiger partial charge in [0.2, 0.25) is 5.91 Å². The van der Waals surface area contributed by atoms with Gasteiger partial charge < -0.3 is 5.32 Å². The summed E-state index contributed by atoms with van der Waals surface area (Å²) in [4.78, 5) is 24.6. The summed E-state index contributed by atoms with van der Waals surface area (Å²) in [5.41, 5.74) is 4.96. The van der Waals surface area contributed by atoms with Crippen molar-refractivity contribution in [3.05, 3.63) is 52.2 Å². The summed E-state index contributed by atoms with van der Waals surface area (Å²) >= 11 is 1.41. The van der Waals surface area contributed by atoms with Crippen LogP contribution >= 0.6 is 11.3 Å². The van der Waals surface area contributed by atoms with Crippen LogP contribution in [0.2, 0.25) is 0 Å². The number of carbonyl (C=O) groups excluding carboxylic acids is 2. The maximum Gasteiger partial charge on any atom is 0.265 e. The van der Waals surface area contributed by atoms with E-state index in [2.05, 4.69) is 22.8 Å². The Kier molecular flexibility index (Phi) is 8.71. The lowest BCUT2D eigenvalue weighted by Gasteiger charge is -2.06. The summed E-state index contributed by atoms with van der Waals surface area (Å²) in [6.07, 6.45) is 6.10. The van der Waals surface area contributed by atoms with Crippen molar-refractivity contribution in [2.24, 2.45) is 5.10 Å². The molecular formula is C21H27N3O2S. The van der Waals surface area contributed by atoms with Gasteiger partial charge in [-0.05, 0) is 42.5 Å². The first kappa shape index (κ1) is 20.8. The van der Waals surface area contributed by atoms with Crippen molar-refractivity contribution < 1.29 is 9.59 Å². The molecule has 0 bridgehead atoms. The molecule has 0 saturated heterocycles. The van der Waals surface area contributed by atoms with Crippen molar-refractivity contribution in [1.82, 2.24) is 5.43 Å². The largest absolute Gasteiger partial charge is 0.321 e. The van der Waals surface area contributed by atoms with Crippen molar-refractivity contribution in [1.29, 1.82) is 0 Å². The third-order valence-electron chi connectivity index (χ3n) is 4.16. The van der Waals surface area contributed by atoms with E-state index >= 15 is 0 Å². The number of unbranched alkanes of at least 4 members (excludes halogenated alkanes) is 4. The Morgan fingerprint density at radius 1 is 1.04 bits per heavy atom. The highest BCUT2D eigenvalue weighted by atomic mass is 32.1. The standard InChI is InChI=1S/C21H27N3O2S/c1-3-4-5-6-7-10-20(25)24-23-16(2)17-11-13-18(14-12-17)22-21(26)19-9-8-15-27-19/h8-9,11-15H,3-7,10H2,1-2H3,(H,22,26)(H,24,25). The molecule has 0 unspecified atom stereocenters. The summed E-state index contributed by atoms with van der Waals surface area (Å²) in [6.45, 7) is 4.02. The second-order valence-corrected chi connectivity index (χ2v) is 7.35. The molecule has 0 radical (unpaired) electrons. The smallest absolute Gasteiger partial charge is 0.265 e. The molecular weight excluding hydrogens is 358 g/mol. The molecule has 144 valence electrons. The molecule has 1 heterocycles. The van der Waals surface area contributed by atoms with Gasteiger partial charge in [-0.3, -0.25) is 9.59 Å². The normalized spacial score (nSPS) is 11.3. The molecule has 0 spiro atoms. The first-order valence-corrected chi connectivity index (χ1v) is 10.3. The number of hydrogen-bond donors (Lipinski definition) is 2. The van der Waals surface area contributed by atoms with Crippen LogP contribution in [0, 0.1) is 0 Å². The van der Waals surface area contributed by atoms with E-state index in [4.69, 9.17) is 0 Å². The third-order valence-corrected chi connectivity index (χ3v) is 5.03. The fourth-order valence-corrected chi connectivity index (χ4v) is 3.17. The molecule has 0 aliphatic heterocycles. The van der Waals surface area contributed by atoms with Crippen LogP contribution in [-0.2, 0) is 4.79 Å². The number of hydrazone groups is 1. The quantitative estimate of drug-likeness (QED) is 0.335. The summed E-state index contributed by atoms with van der Waals surface area (Å²) in [6, 6.07) is 11.0. The molecule has 0 aliphatic carbocycles. The van der Waals surface area contributed by atoms with Gasteiger partial charge in [-0.1, -0.05) is 50.8 Å². The lowest BCUT2D eigenvalue weighted by atomic mass is 10.1. The Morgan fingerprint density at radius 3 is 2.44 bits per heavy atom. The molecule has 5 nitrogen and oxygen atoms in total. The van der Waals surface area contributed by atoms with Gasteiger partial charge in [-0.25, -0.2) is 5.43 Å². The molecule has 0 saturated carbocycles. The zero-order valence-corrected chi connectivity index (χ0v) is 16.8. The van der Waals surface area contributed by atoms with E-state index in [-0.39, 0.29) is 11.8 Å². The number of benzene rings is 1. The van der Waals surface area contributed by atoms with Gasteiger partial charge in [0, 0.05) is 12.1 Å². The molecule has 0 fully saturated rings. The second-order valence-electron chi connectivity index (χ2n) is 6.41. The molecule has 2 aromatic rings. The monoisotopic (exact) mass is 385 g/mol. The maximum absolute atomic E-state index is 12.0. The van der Waals surface area contributed by atoms with Crippen LogP contribution in [0.15, 0.2) is 46.9 Å². The highest BCUT2D eigenvalue weighted by molar-refractivity contribution is 7.12. The van der Waals surface area contributed by atoms with Crippen molar-refractivity contribution >= 4 is 34.6 Å². The van der Waals surface area contributed by atoms with E-state index in [1.165, 1.54) is 30.6 Å². The van der Waals surface area contributed by atoms with Crippen LogP contribution < -0.4 is 10.7 Å². The minimum absolute atomic E-state index is 0.0503. The topological polar surface area (TPSA) is 70.6 Å². The molecule has 1 aromatic carbocycles. The van der Waals surface area contributed by atoms with Gasteiger partial charge in [-0.15, -0.1) is 11.3 Å². The minimum Gasteiger partial charge on any atom is -0.321 e. The molecule has 1 aromatic heterocycles. The number of nitrogens with one attached hydrogen (secondary N) is 2. The van der Waals surface area contributed by atoms with E-state index in [0.29, 0.717) is 11.3 Å². The van der Waals surface area contributed by atoms with Crippen LogP contribution in [0.5, 0.6) is 0 Å². The highest BCUT2D eigenvalue weighted by Gasteiger charge is 2.07. The fourth-order valence-electron chi connectivity index (χ4n) is 2.55. The van der Waals surface area contributed by atoms with Crippen LogP contribution in [-0.4, -0.2) is 17.5 Å². The SMILES string of the molecule is CCCCCCCC(=O)NN=C(C)c1ccc(NC(=O)c2cccs2)cc1. The van der Waals surface area contributed by atoms with E-state index < -0.39 is 0 Å². The van der Waals surface area contributed by atoms with E-state index in [9.17, 15) is 9.59 Å². The second kappa shape index (κ2) is 11.3. The summed E-state index contributed by atoms with van der Waals surface area (Å²) < 4.78 is 0. The predicted molar refractivity (Wildman–Crippen MR) is 112 cm³/mol. The van der Waals surface area contributed by atoms with Crippen LogP contribution in [0.3, 0.4) is 0 Å². The number of rotatable bonds is 10. The van der Waals surface area contributed by atoms with Gasteiger partial charge in [-0.2, -0.15) is 5.10 Å². The third kappa shape index (κ3) is 7.35. The van der Waals surface area contributed by atoms with E-state index in [0.717, 1.165) is 29.8 Å². The number of nitrogens with zero attached hydrogens (tertiary/aromatic N) is 1. The summed E-state index contributed by atoms with van der Waals surface area (Å²) in [5, 5.41) is 8.90. The Labute approximate surface area is 164 Å². The maximum atomic E-state index is 12.0. The van der Waals surface area contributed by atoms with Crippen molar-refractivity contribution in [2.45, 2.75) is 52.4 Å². The van der Waals surface area contributed by atoms with Crippen LogP contribution in [0.1, 0.15) is 67.6 Å². The average Bonchev–Trinajstić information content (AvgIpc) is 3.21. The number of anilines is 1. The van der Waals surface area contributed by atoms with Crippen molar-refractivity contribution in [2.75, 3.05) is 5.32 Å². The van der Waals surface area contributed by atoms with Crippen molar-refractivity contribution in [3.8, 4) is 0 Å². The van der Waals surface area contributed by atoms with Crippen LogP contribution in [0.4, 0.5) is 5.69 Å². The lowest BCUT2D eigenvalue weighted by molar-refractivity contribution is -0.121. The van der Waals surface area contributed by atoms with Gasteiger partial charge in [0.05, 0.1) is 10.6 Å². The fraction of sp³-hybridized carbons (Fsp3) is 0.381. The number of amides is 2. The molecule has 2 rings (SSSR count). The molecule has 2 amide bonds. The van der Waals surface area contributed by atoms with Gasteiger partial charge in [0.15, 0.2) is 0 Å². The Balaban J connectivity index is 1.80. The zero-order valence-electron chi connectivity index (χ0n) is 16.0. The Bertz CT molecular complexity index is 752. The average molecular weight is 386 g/mol. The number of thiophene rings is 1. The Morgan fingerprint density at radius 2 is 1.78 bits per heavy atom. The minimum atomic E-state index is -0.116. The highest BCUT2D eigenvalue weighted by Crippen LogP contribution is 2.14. The van der Waals surface area contributed by atoms with E-state index in [1.54, 1.807) is 6.07 Å². The first-order chi connectivity index (χ1) is 13.1. The summed E-state index contributed by atoms with van der Waals surface area (Å²) in [5.74, 6) is -0.167. The van der Waals surface area contributed by atoms with Gasteiger partial charge >= 0.3 is 0 Å². The lowest BCUT2D eigenvalue weighted by Crippen LogP contribution is -2.18. The molecule has 27 heavy (non-hydrogen) atoms. The number of carbonyl (C=O) groups is 2. The van der Waals surface area contributed by atoms with E-state index in [1.807, 2.05) is 42.6 Å². The molecule has 2 N–H and O–H groups in total. The van der Waals surface area contributed by atoms with Crippen molar-refractivity contribution in [3.63, 3.8) is 0 Å². The molecule has 0 aliphatic rings. The van der Waals surface area contributed by atoms with Gasteiger partial charge in [0.25, 0.3) is 5.91 Å². The van der Waals surface area contributed by atoms with Gasteiger partial charge in [0.1, 0.15) is 0 Å².